The first kappa shape index (κ1) is 14.9. The highest BCUT2D eigenvalue weighted by Gasteiger charge is 2.22. The molecule has 0 aliphatic carbocycles. The quantitative estimate of drug-likeness (QED) is 0.859. The molecule has 1 aliphatic heterocycles. The lowest BCUT2D eigenvalue weighted by Gasteiger charge is -2.15. The highest BCUT2D eigenvalue weighted by molar-refractivity contribution is 5.94. The van der Waals surface area contributed by atoms with Gasteiger partial charge in [0.1, 0.15) is 5.82 Å². The monoisotopic (exact) mass is 280 g/mol. The smallest absolute Gasteiger partial charge is 0.251 e. The number of rotatable bonds is 6. The van der Waals surface area contributed by atoms with E-state index in [2.05, 4.69) is 10.2 Å². The van der Waals surface area contributed by atoms with Crippen molar-refractivity contribution in [3.8, 4) is 0 Å². The number of methoxy groups -OCH3 is 1. The molecule has 1 atom stereocenters. The Kier molecular flexibility index (Phi) is 5.49. The van der Waals surface area contributed by atoms with Crippen molar-refractivity contribution in [1.29, 1.82) is 0 Å². The fourth-order valence-corrected chi connectivity index (χ4v) is 2.44. The first-order valence-corrected chi connectivity index (χ1v) is 6.94. The van der Waals surface area contributed by atoms with E-state index in [4.69, 9.17) is 4.74 Å². The molecular formula is C15H21FN2O2. The molecule has 0 spiro atoms. The van der Waals surface area contributed by atoms with E-state index in [0.717, 1.165) is 32.7 Å². The predicted octanol–water partition coefficient (Wildman–Crippen LogP) is 1.52. The standard InChI is InChI=1S/C15H21FN2O2/c1-20-9-8-18-7-6-12(11-18)10-17-15(19)13-2-4-14(16)5-3-13/h2-5,12H,6-11H2,1H3,(H,17,19)/t12-/m0/s1. The summed E-state index contributed by atoms with van der Waals surface area (Å²) in [6, 6.07) is 5.61. The largest absolute Gasteiger partial charge is 0.383 e. The van der Waals surface area contributed by atoms with E-state index in [9.17, 15) is 9.18 Å². The van der Waals surface area contributed by atoms with Gasteiger partial charge in [-0.2, -0.15) is 0 Å². The van der Waals surface area contributed by atoms with E-state index < -0.39 is 0 Å². The number of likely N-dealkylation sites (tertiary alicyclic amines) is 1. The lowest BCUT2D eigenvalue weighted by molar-refractivity contribution is 0.0946. The second-order valence-electron chi connectivity index (χ2n) is 5.17. The minimum Gasteiger partial charge on any atom is -0.383 e. The van der Waals surface area contributed by atoms with Crippen LogP contribution in [0.3, 0.4) is 0 Å². The third-order valence-corrected chi connectivity index (χ3v) is 3.64. The third kappa shape index (κ3) is 4.28. The fourth-order valence-electron chi connectivity index (χ4n) is 2.44. The number of hydrogen-bond donors (Lipinski definition) is 1. The van der Waals surface area contributed by atoms with Gasteiger partial charge in [-0.15, -0.1) is 0 Å². The van der Waals surface area contributed by atoms with Crippen molar-refractivity contribution in [2.45, 2.75) is 6.42 Å². The Balaban J connectivity index is 1.73. The number of hydrogen-bond acceptors (Lipinski definition) is 3. The molecule has 0 saturated carbocycles. The maximum absolute atomic E-state index is 12.8. The molecule has 1 heterocycles. The minimum absolute atomic E-state index is 0.139. The molecule has 110 valence electrons. The third-order valence-electron chi connectivity index (χ3n) is 3.64. The van der Waals surface area contributed by atoms with Crippen LogP contribution in [0.1, 0.15) is 16.8 Å². The maximum atomic E-state index is 12.8. The Labute approximate surface area is 118 Å². The summed E-state index contributed by atoms with van der Waals surface area (Å²) in [5, 5.41) is 2.92. The molecule has 1 aromatic rings. The van der Waals surface area contributed by atoms with Gasteiger partial charge in [0, 0.05) is 32.3 Å². The first-order chi connectivity index (χ1) is 9.69. The van der Waals surface area contributed by atoms with Gasteiger partial charge in [-0.25, -0.2) is 4.39 Å². The van der Waals surface area contributed by atoms with Crippen LogP contribution in [0.4, 0.5) is 4.39 Å². The topological polar surface area (TPSA) is 41.6 Å². The molecule has 2 rings (SSSR count). The zero-order valence-corrected chi connectivity index (χ0v) is 11.8. The summed E-state index contributed by atoms with van der Waals surface area (Å²) in [5.41, 5.74) is 0.501. The van der Waals surface area contributed by atoms with E-state index in [1.807, 2.05) is 0 Å². The van der Waals surface area contributed by atoms with Crippen LogP contribution < -0.4 is 5.32 Å². The van der Waals surface area contributed by atoms with Crippen molar-refractivity contribution >= 4 is 5.91 Å². The normalized spacial score (nSPS) is 19.2. The SMILES string of the molecule is COCCN1CC[C@@H](CNC(=O)c2ccc(F)cc2)C1. The van der Waals surface area contributed by atoms with E-state index in [1.54, 1.807) is 7.11 Å². The zero-order valence-electron chi connectivity index (χ0n) is 11.8. The summed E-state index contributed by atoms with van der Waals surface area (Å²) in [6.07, 6.45) is 1.09. The molecule has 1 amide bonds. The Hall–Kier alpha value is -1.46. The van der Waals surface area contributed by atoms with Gasteiger partial charge < -0.3 is 15.0 Å². The molecule has 1 saturated heterocycles. The molecule has 1 aliphatic rings. The van der Waals surface area contributed by atoms with Gasteiger partial charge in [-0.05, 0) is 43.1 Å². The number of halogens is 1. The van der Waals surface area contributed by atoms with Crippen LogP contribution in [0.15, 0.2) is 24.3 Å². The van der Waals surface area contributed by atoms with Crippen molar-refractivity contribution in [2.24, 2.45) is 5.92 Å². The Morgan fingerprint density at radius 2 is 2.20 bits per heavy atom. The number of nitrogens with zero attached hydrogens (tertiary/aromatic N) is 1. The molecule has 5 heteroatoms. The molecular weight excluding hydrogens is 259 g/mol. The van der Waals surface area contributed by atoms with Crippen LogP contribution >= 0.6 is 0 Å². The van der Waals surface area contributed by atoms with Crippen molar-refractivity contribution < 1.29 is 13.9 Å². The van der Waals surface area contributed by atoms with Crippen LogP contribution in [0.2, 0.25) is 0 Å². The number of carbonyl (C=O) groups is 1. The highest BCUT2D eigenvalue weighted by Crippen LogP contribution is 2.15. The Morgan fingerprint density at radius 1 is 1.45 bits per heavy atom. The predicted molar refractivity (Wildman–Crippen MR) is 75.2 cm³/mol. The second-order valence-corrected chi connectivity index (χ2v) is 5.17. The van der Waals surface area contributed by atoms with Gasteiger partial charge in [0.25, 0.3) is 5.91 Å². The number of carbonyl (C=O) groups excluding carboxylic acids is 1. The molecule has 1 fully saturated rings. The zero-order chi connectivity index (χ0) is 14.4. The molecule has 0 bridgehead atoms. The van der Waals surface area contributed by atoms with Crippen molar-refractivity contribution in [2.75, 3.05) is 39.9 Å². The van der Waals surface area contributed by atoms with Crippen LogP contribution in [-0.2, 0) is 4.74 Å². The van der Waals surface area contributed by atoms with Gasteiger partial charge >= 0.3 is 0 Å². The number of benzene rings is 1. The van der Waals surface area contributed by atoms with E-state index in [1.165, 1.54) is 24.3 Å². The Morgan fingerprint density at radius 3 is 2.90 bits per heavy atom. The molecule has 0 radical (unpaired) electrons. The molecule has 0 aromatic heterocycles. The molecule has 1 aromatic carbocycles. The van der Waals surface area contributed by atoms with Gasteiger partial charge in [0.05, 0.1) is 6.61 Å². The second kappa shape index (κ2) is 7.36. The number of nitrogens with one attached hydrogen (secondary N) is 1. The summed E-state index contributed by atoms with van der Waals surface area (Å²) in [7, 11) is 1.70. The first-order valence-electron chi connectivity index (χ1n) is 6.94. The molecule has 4 nitrogen and oxygen atoms in total. The van der Waals surface area contributed by atoms with Crippen molar-refractivity contribution in [1.82, 2.24) is 10.2 Å². The summed E-state index contributed by atoms with van der Waals surface area (Å²) in [5.74, 6) is 0.0164. The lowest BCUT2D eigenvalue weighted by Crippen LogP contribution is -2.31. The summed E-state index contributed by atoms with van der Waals surface area (Å²) >= 11 is 0. The number of ether oxygens (including phenoxy) is 1. The van der Waals surface area contributed by atoms with Crippen LogP contribution in [0, 0.1) is 11.7 Å². The molecule has 20 heavy (non-hydrogen) atoms. The summed E-state index contributed by atoms with van der Waals surface area (Å²) in [6.45, 7) is 4.40. The van der Waals surface area contributed by atoms with Gasteiger partial charge in [0.2, 0.25) is 0 Å². The van der Waals surface area contributed by atoms with Crippen molar-refractivity contribution in [3.63, 3.8) is 0 Å². The summed E-state index contributed by atoms with van der Waals surface area (Å²) < 4.78 is 17.8. The lowest BCUT2D eigenvalue weighted by atomic mass is 10.1. The van der Waals surface area contributed by atoms with E-state index >= 15 is 0 Å². The number of amides is 1. The van der Waals surface area contributed by atoms with Crippen LogP contribution in [0.25, 0.3) is 0 Å². The molecule has 0 unspecified atom stereocenters. The average Bonchev–Trinajstić information content (AvgIpc) is 2.91. The van der Waals surface area contributed by atoms with Gasteiger partial charge in [0.15, 0.2) is 0 Å². The Bertz CT molecular complexity index is 436. The highest BCUT2D eigenvalue weighted by atomic mass is 19.1. The van der Waals surface area contributed by atoms with Gasteiger partial charge in [-0.1, -0.05) is 0 Å². The van der Waals surface area contributed by atoms with Crippen molar-refractivity contribution in [3.05, 3.63) is 35.6 Å². The van der Waals surface area contributed by atoms with Crippen LogP contribution in [0.5, 0.6) is 0 Å². The van der Waals surface area contributed by atoms with Gasteiger partial charge in [-0.3, -0.25) is 4.79 Å². The van der Waals surface area contributed by atoms with E-state index in [-0.39, 0.29) is 11.7 Å². The average molecular weight is 280 g/mol. The van der Waals surface area contributed by atoms with Crippen LogP contribution in [-0.4, -0.2) is 50.7 Å². The fraction of sp³-hybridized carbons (Fsp3) is 0.533. The maximum Gasteiger partial charge on any atom is 0.251 e. The summed E-state index contributed by atoms with van der Waals surface area (Å²) in [4.78, 5) is 14.2. The molecule has 1 N–H and O–H groups in total. The minimum atomic E-state index is -0.328. The van der Waals surface area contributed by atoms with E-state index in [0.29, 0.717) is 18.0 Å².